The fourth-order valence-electron chi connectivity index (χ4n) is 2.33. The van der Waals surface area contributed by atoms with Gasteiger partial charge in [0.1, 0.15) is 17.2 Å². The van der Waals surface area contributed by atoms with Crippen molar-refractivity contribution in [1.82, 2.24) is 0 Å². The van der Waals surface area contributed by atoms with Gasteiger partial charge in [-0.1, -0.05) is 48.5 Å². The highest BCUT2D eigenvalue weighted by molar-refractivity contribution is 7.54. The van der Waals surface area contributed by atoms with E-state index in [1.54, 1.807) is 79.9 Å². The number of benzene rings is 3. The Morgan fingerprint density at radius 2 is 1.19 bits per heavy atom. The monoisotopic (exact) mass is 370 g/mol. The van der Waals surface area contributed by atoms with Gasteiger partial charge in [-0.25, -0.2) is 4.57 Å². The van der Waals surface area contributed by atoms with Gasteiger partial charge >= 0.3 is 7.60 Å². The summed E-state index contributed by atoms with van der Waals surface area (Å²) in [7, 11) is -2.44. The number of rotatable bonds is 7. The van der Waals surface area contributed by atoms with Crippen LogP contribution in [0.5, 0.6) is 17.2 Å². The molecule has 0 bridgehead atoms. The lowest BCUT2D eigenvalue weighted by Crippen LogP contribution is -2.10. The molecule has 0 amide bonds. The fraction of sp³-hybridized carbons (Fsp3) is 0.100. The molecule has 0 saturated heterocycles. The van der Waals surface area contributed by atoms with Crippen LogP contribution < -0.4 is 13.8 Å². The fourth-order valence-corrected chi connectivity index (χ4v) is 3.94. The maximum atomic E-state index is 13.5. The van der Waals surface area contributed by atoms with E-state index in [0.29, 0.717) is 22.8 Å². The van der Waals surface area contributed by atoms with Crippen molar-refractivity contribution in [3.8, 4) is 17.2 Å². The van der Waals surface area contributed by atoms with Gasteiger partial charge in [0.25, 0.3) is 0 Å². The molecule has 0 aliphatic carbocycles. The number of ether oxygens (including phenoxy) is 1. The first kappa shape index (κ1) is 18.1. The average Bonchev–Trinajstić information content (AvgIpc) is 2.69. The predicted molar refractivity (Wildman–Crippen MR) is 99.7 cm³/mol. The highest BCUT2D eigenvalue weighted by Crippen LogP contribution is 2.58. The van der Waals surface area contributed by atoms with Crippen molar-refractivity contribution in [2.24, 2.45) is 0 Å². The van der Waals surface area contributed by atoms with Crippen LogP contribution >= 0.6 is 7.60 Å². The largest absolute Gasteiger partial charge is 0.497 e. The maximum Gasteiger partial charge on any atom is 0.463 e. The summed E-state index contributed by atoms with van der Waals surface area (Å²) in [6, 6.07) is 23.9. The molecule has 0 spiro atoms. The third kappa shape index (κ3) is 4.26. The van der Waals surface area contributed by atoms with Crippen molar-refractivity contribution in [2.75, 3.05) is 7.11 Å². The molecule has 0 unspecified atom stereocenters. The van der Waals surface area contributed by atoms with Gasteiger partial charge in [0, 0.05) is 0 Å². The summed E-state index contributed by atoms with van der Waals surface area (Å²) in [6.45, 7) is 0. The van der Waals surface area contributed by atoms with Crippen molar-refractivity contribution in [1.29, 1.82) is 0 Å². The Labute approximate surface area is 152 Å². The van der Waals surface area contributed by atoms with Crippen LogP contribution in [-0.2, 0) is 4.57 Å². The van der Waals surface area contributed by atoms with Gasteiger partial charge in [-0.15, -0.1) is 0 Å². The molecular formula is C20H19O5P. The summed E-state index contributed by atoms with van der Waals surface area (Å²) in [5.74, 6) is -0.142. The molecule has 0 aromatic heterocycles. The third-order valence-electron chi connectivity index (χ3n) is 3.67. The standard InChI is InChI=1S/C20H19O5P/c1-23-17-14-12-16(13-15-17)20(21)26(22,24-18-8-4-2-5-9-18)25-19-10-6-3-7-11-19/h2-15,20-21H,1H3/t20-/m1/s1. The van der Waals surface area contributed by atoms with E-state index in [4.69, 9.17) is 13.8 Å². The Kier molecular flexibility index (Phi) is 5.61. The third-order valence-corrected chi connectivity index (χ3v) is 5.49. The van der Waals surface area contributed by atoms with E-state index in [9.17, 15) is 9.67 Å². The van der Waals surface area contributed by atoms with E-state index in [0.717, 1.165) is 0 Å². The number of para-hydroxylation sites is 2. The Morgan fingerprint density at radius 1 is 0.731 bits per heavy atom. The van der Waals surface area contributed by atoms with Crippen LogP contribution in [0.2, 0.25) is 0 Å². The summed E-state index contributed by atoms with van der Waals surface area (Å²) in [4.78, 5) is 0. The van der Waals surface area contributed by atoms with Gasteiger partial charge < -0.3 is 18.9 Å². The van der Waals surface area contributed by atoms with Crippen LogP contribution in [0, 0.1) is 0 Å². The molecule has 0 fully saturated rings. The Bertz CT molecular complexity index is 820. The lowest BCUT2D eigenvalue weighted by Gasteiger charge is -2.24. The summed E-state index contributed by atoms with van der Waals surface area (Å²) in [6.07, 6.45) is 0. The second-order valence-corrected chi connectivity index (χ2v) is 7.43. The van der Waals surface area contributed by atoms with Gasteiger partial charge in [-0.2, -0.15) is 0 Å². The summed E-state index contributed by atoms with van der Waals surface area (Å²) < 4.78 is 29.9. The molecule has 5 nitrogen and oxygen atoms in total. The minimum absolute atomic E-state index is 0.347. The molecular weight excluding hydrogens is 351 g/mol. The van der Waals surface area contributed by atoms with Gasteiger partial charge in [0.2, 0.25) is 5.85 Å². The van der Waals surface area contributed by atoms with Crippen molar-refractivity contribution < 1.29 is 23.5 Å². The zero-order chi connectivity index (χ0) is 18.4. The topological polar surface area (TPSA) is 65.0 Å². The molecule has 1 N–H and O–H groups in total. The van der Waals surface area contributed by atoms with E-state index in [1.807, 2.05) is 12.1 Å². The minimum Gasteiger partial charge on any atom is -0.497 e. The van der Waals surface area contributed by atoms with Crippen LogP contribution in [0.4, 0.5) is 0 Å². The summed E-state index contributed by atoms with van der Waals surface area (Å²) >= 11 is 0. The molecule has 0 radical (unpaired) electrons. The number of hydrogen-bond donors (Lipinski definition) is 1. The number of methoxy groups -OCH3 is 1. The number of hydrogen-bond acceptors (Lipinski definition) is 5. The lowest BCUT2D eigenvalue weighted by atomic mass is 10.2. The van der Waals surface area contributed by atoms with Crippen molar-refractivity contribution in [3.05, 3.63) is 90.5 Å². The Hall–Kier alpha value is -2.75. The average molecular weight is 370 g/mol. The SMILES string of the molecule is COc1ccc([C@H](O)P(=O)(Oc2ccccc2)Oc2ccccc2)cc1. The lowest BCUT2D eigenvalue weighted by molar-refractivity contribution is 0.212. The molecule has 1 atom stereocenters. The Morgan fingerprint density at radius 3 is 1.62 bits per heavy atom. The molecule has 3 aromatic carbocycles. The van der Waals surface area contributed by atoms with Gasteiger partial charge in [-0.3, -0.25) is 0 Å². The first-order valence-corrected chi connectivity index (χ1v) is 9.63. The zero-order valence-corrected chi connectivity index (χ0v) is 15.1. The van der Waals surface area contributed by atoms with E-state index < -0.39 is 13.4 Å². The second-order valence-electron chi connectivity index (χ2n) is 5.50. The van der Waals surface area contributed by atoms with Crippen LogP contribution in [0.1, 0.15) is 11.4 Å². The van der Waals surface area contributed by atoms with Crippen LogP contribution in [0.25, 0.3) is 0 Å². The quantitative estimate of drug-likeness (QED) is 0.591. The van der Waals surface area contributed by atoms with Gasteiger partial charge in [-0.05, 0) is 42.0 Å². The van der Waals surface area contributed by atoms with E-state index >= 15 is 0 Å². The normalized spacial score (nSPS) is 12.2. The Balaban J connectivity index is 1.94. The number of aliphatic hydroxyl groups excluding tert-OH is 1. The molecule has 3 rings (SSSR count). The molecule has 0 aliphatic heterocycles. The highest BCUT2D eigenvalue weighted by atomic mass is 31.2. The van der Waals surface area contributed by atoms with E-state index in [2.05, 4.69) is 0 Å². The van der Waals surface area contributed by atoms with Crippen LogP contribution in [0.15, 0.2) is 84.9 Å². The molecule has 0 heterocycles. The molecule has 3 aromatic rings. The van der Waals surface area contributed by atoms with Gasteiger partial charge in [0.15, 0.2) is 0 Å². The van der Waals surface area contributed by atoms with Crippen LogP contribution in [0.3, 0.4) is 0 Å². The van der Waals surface area contributed by atoms with E-state index in [1.165, 1.54) is 0 Å². The molecule has 134 valence electrons. The first-order chi connectivity index (χ1) is 12.6. The molecule has 26 heavy (non-hydrogen) atoms. The summed E-state index contributed by atoms with van der Waals surface area (Å²) in [5, 5.41) is 10.8. The minimum atomic E-state index is -3.98. The summed E-state index contributed by atoms with van der Waals surface area (Å²) in [5.41, 5.74) is 0.404. The zero-order valence-electron chi connectivity index (χ0n) is 14.2. The maximum absolute atomic E-state index is 13.5. The van der Waals surface area contributed by atoms with Crippen molar-refractivity contribution in [2.45, 2.75) is 5.85 Å². The van der Waals surface area contributed by atoms with E-state index in [-0.39, 0.29) is 0 Å². The predicted octanol–water partition coefficient (Wildman–Crippen LogP) is 5.04. The highest BCUT2D eigenvalue weighted by Gasteiger charge is 2.39. The van der Waals surface area contributed by atoms with Gasteiger partial charge in [0.05, 0.1) is 7.11 Å². The molecule has 0 saturated carbocycles. The van der Waals surface area contributed by atoms with Crippen LogP contribution in [-0.4, -0.2) is 12.2 Å². The molecule has 6 heteroatoms. The number of aliphatic hydroxyl groups is 1. The second kappa shape index (κ2) is 8.09. The first-order valence-electron chi connectivity index (χ1n) is 8.02. The molecule has 0 aliphatic rings. The smallest absolute Gasteiger partial charge is 0.463 e. The van der Waals surface area contributed by atoms with Crippen molar-refractivity contribution in [3.63, 3.8) is 0 Å². The van der Waals surface area contributed by atoms with Crippen molar-refractivity contribution >= 4 is 7.60 Å².